The maximum atomic E-state index is 12.5. The second kappa shape index (κ2) is 10.3. The number of pyridine rings is 1. The van der Waals surface area contributed by atoms with Gasteiger partial charge in [0.25, 0.3) is 5.91 Å². The van der Waals surface area contributed by atoms with E-state index >= 15 is 0 Å². The first kappa shape index (κ1) is 18.7. The number of rotatable bonds is 10. The summed E-state index contributed by atoms with van der Waals surface area (Å²) in [5, 5.41) is 0. The molecule has 0 fully saturated rings. The fourth-order valence-corrected chi connectivity index (χ4v) is 2.24. The Morgan fingerprint density at radius 3 is 2.28 bits per heavy atom. The van der Waals surface area contributed by atoms with Crippen LogP contribution in [-0.2, 0) is 16.1 Å². The number of amides is 1. The Balaban J connectivity index is 1.91. The molecule has 1 aromatic carbocycles. The van der Waals surface area contributed by atoms with Gasteiger partial charge in [-0.3, -0.25) is 9.78 Å². The number of benzene rings is 1. The number of aromatic nitrogens is 1. The van der Waals surface area contributed by atoms with Gasteiger partial charge in [0.2, 0.25) is 0 Å². The molecule has 1 aromatic heterocycles. The summed E-state index contributed by atoms with van der Waals surface area (Å²) in [6.07, 6.45) is 3.43. The summed E-state index contributed by atoms with van der Waals surface area (Å²) in [5.41, 5.74) is 1.01. The number of hydrogen-bond donors (Lipinski definition) is 0. The molecule has 0 radical (unpaired) electrons. The standard InChI is InChI=1S/C19H24N2O4/c1-3-24-17-4-6-18(7-5-17)25-15-19(22)21(12-13-23-2)14-16-8-10-20-11-9-16/h4-11H,3,12-15H2,1-2H3. The number of carbonyl (C=O) groups is 1. The van der Waals surface area contributed by atoms with Gasteiger partial charge in [0.1, 0.15) is 11.5 Å². The Bertz CT molecular complexity index is 632. The van der Waals surface area contributed by atoms with Gasteiger partial charge in [-0.15, -0.1) is 0 Å². The van der Waals surface area contributed by atoms with Gasteiger partial charge in [0.15, 0.2) is 6.61 Å². The van der Waals surface area contributed by atoms with E-state index in [4.69, 9.17) is 14.2 Å². The maximum absolute atomic E-state index is 12.5. The van der Waals surface area contributed by atoms with Gasteiger partial charge in [0.05, 0.1) is 13.2 Å². The van der Waals surface area contributed by atoms with Crippen LogP contribution in [0.25, 0.3) is 0 Å². The zero-order valence-electron chi connectivity index (χ0n) is 14.7. The number of hydrogen-bond acceptors (Lipinski definition) is 5. The second-order valence-electron chi connectivity index (χ2n) is 5.36. The second-order valence-corrected chi connectivity index (χ2v) is 5.36. The lowest BCUT2D eigenvalue weighted by molar-refractivity contribution is -0.134. The van der Waals surface area contributed by atoms with Gasteiger partial charge in [-0.2, -0.15) is 0 Å². The third kappa shape index (κ3) is 6.43. The molecule has 0 aliphatic heterocycles. The maximum Gasteiger partial charge on any atom is 0.260 e. The van der Waals surface area contributed by atoms with Crippen molar-refractivity contribution in [1.82, 2.24) is 9.88 Å². The lowest BCUT2D eigenvalue weighted by atomic mass is 10.2. The lowest BCUT2D eigenvalue weighted by Crippen LogP contribution is -2.36. The molecule has 0 atom stereocenters. The van der Waals surface area contributed by atoms with Gasteiger partial charge in [-0.1, -0.05) is 0 Å². The molecule has 0 aliphatic rings. The van der Waals surface area contributed by atoms with Crippen molar-refractivity contribution >= 4 is 5.91 Å². The molecular weight excluding hydrogens is 320 g/mol. The van der Waals surface area contributed by atoms with Crippen LogP contribution in [0, 0.1) is 0 Å². The topological polar surface area (TPSA) is 60.9 Å². The molecule has 1 amide bonds. The van der Waals surface area contributed by atoms with Crippen molar-refractivity contribution in [3.05, 3.63) is 54.4 Å². The van der Waals surface area contributed by atoms with Crippen LogP contribution >= 0.6 is 0 Å². The summed E-state index contributed by atoms with van der Waals surface area (Å²) >= 11 is 0. The zero-order chi connectivity index (χ0) is 17.9. The van der Waals surface area contributed by atoms with Crippen LogP contribution in [0.2, 0.25) is 0 Å². The van der Waals surface area contributed by atoms with Crippen LogP contribution in [0.5, 0.6) is 11.5 Å². The third-order valence-electron chi connectivity index (χ3n) is 3.54. The fourth-order valence-electron chi connectivity index (χ4n) is 2.24. The number of nitrogens with zero attached hydrogens (tertiary/aromatic N) is 2. The summed E-state index contributed by atoms with van der Waals surface area (Å²) in [5.74, 6) is 1.32. The van der Waals surface area contributed by atoms with Gasteiger partial charge in [-0.25, -0.2) is 0 Å². The molecule has 0 N–H and O–H groups in total. The molecule has 2 aromatic rings. The van der Waals surface area contributed by atoms with Crippen molar-refractivity contribution in [1.29, 1.82) is 0 Å². The Labute approximate surface area is 148 Å². The average molecular weight is 344 g/mol. The molecule has 0 aliphatic carbocycles. The van der Waals surface area contributed by atoms with Crippen LogP contribution < -0.4 is 9.47 Å². The Hall–Kier alpha value is -2.60. The smallest absolute Gasteiger partial charge is 0.260 e. The summed E-state index contributed by atoms with van der Waals surface area (Å²) in [7, 11) is 1.62. The first-order valence-electron chi connectivity index (χ1n) is 8.24. The number of carbonyl (C=O) groups excluding carboxylic acids is 1. The molecule has 6 heteroatoms. The highest BCUT2D eigenvalue weighted by Crippen LogP contribution is 2.17. The average Bonchev–Trinajstić information content (AvgIpc) is 2.65. The highest BCUT2D eigenvalue weighted by atomic mass is 16.5. The highest BCUT2D eigenvalue weighted by Gasteiger charge is 2.14. The van der Waals surface area contributed by atoms with Crippen LogP contribution in [0.1, 0.15) is 12.5 Å². The van der Waals surface area contributed by atoms with E-state index < -0.39 is 0 Å². The molecule has 25 heavy (non-hydrogen) atoms. The van der Waals surface area contributed by atoms with Crippen molar-refractivity contribution in [3.63, 3.8) is 0 Å². The largest absolute Gasteiger partial charge is 0.494 e. The molecule has 0 bridgehead atoms. The van der Waals surface area contributed by atoms with Crippen molar-refractivity contribution in [2.45, 2.75) is 13.5 Å². The first-order chi connectivity index (χ1) is 12.2. The van der Waals surface area contributed by atoms with Crippen molar-refractivity contribution in [2.24, 2.45) is 0 Å². The molecule has 0 saturated carbocycles. The molecule has 6 nitrogen and oxygen atoms in total. The fraction of sp³-hybridized carbons (Fsp3) is 0.368. The van der Waals surface area contributed by atoms with E-state index in [0.29, 0.717) is 32.1 Å². The van der Waals surface area contributed by atoms with Gasteiger partial charge < -0.3 is 19.1 Å². The van der Waals surface area contributed by atoms with E-state index in [-0.39, 0.29) is 12.5 Å². The van der Waals surface area contributed by atoms with E-state index in [9.17, 15) is 4.79 Å². The number of ether oxygens (including phenoxy) is 3. The van der Waals surface area contributed by atoms with Crippen LogP contribution in [-0.4, -0.2) is 49.3 Å². The summed E-state index contributed by atoms with van der Waals surface area (Å²) in [6.45, 7) is 3.99. The molecular formula is C19H24N2O4. The van der Waals surface area contributed by atoms with E-state index in [2.05, 4.69) is 4.98 Å². The minimum absolute atomic E-state index is 0.0250. The third-order valence-corrected chi connectivity index (χ3v) is 3.54. The van der Waals surface area contributed by atoms with Crippen LogP contribution in [0.15, 0.2) is 48.8 Å². The molecule has 1 heterocycles. The quantitative estimate of drug-likeness (QED) is 0.663. The van der Waals surface area contributed by atoms with Gasteiger partial charge >= 0.3 is 0 Å². The summed E-state index contributed by atoms with van der Waals surface area (Å²) < 4.78 is 16.1. The van der Waals surface area contributed by atoms with Crippen LogP contribution in [0.4, 0.5) is 0 Å². The summed E-state index contributed by atoms with van der Waals surface area (Å²) in [4.78, 5) is 18.2. The SMILES string of the molecule is CCOc1ccc(OCC(=O)N(CCOC)Cc2ccncc2)cc1. The molecule has 0 saturated heterocycles. The predicted molar refractivity (Wildman–Crippen MR) is 94.6 cm³/mol. The Morgan fingerprint density at radius 1 is 1.04 bits per heavy atom. The highest BCUT2D eigenvalue weighted by molar-refractivity contribution is 5.77. The lowest BCUT2D eigenvalue weighted by Gasteiger charge is -2.22. The number of methoxy groups -OCH3 is 1. The minimum atomic E-state index is -0.0947. The normalized spacial score (nSPS) is 10.3. The van der Waals surface area contributed by atoms with Crippen molar-refractivity contribution < 1.29 is 19.0 Å². The van der Waals surface area contributed by atoms with Crippen LogP contribution in [0.3, 0.4) is 0 Å². The van der Waals surface area contributed by atoms with Crippen molar-refractivity contribution in [3.8, 4) is 11.5 Å². The first-order valence-corrected chi connectivity index (χ1v) is 8.24. The molecule has 0 unspecified atom stereocenters. The molecule has 2 rings (SSSR count). The van der Waals surface area contributed by atoms with E-state index in [0.717, 1.165) is 11.3 Å². The zero-order valence-corrected chi connectivity index (χ0v) is 14.7. The summed E-state index contributed by atoms with van der Waals surface area (Å²) in [6, 6.07) is 11.0. The Kier molecular flexibility index (Phi) is 7.72. The minimum Gasteiger partial charge on any atom is -0.494 e. The Morgan fingerprint density at radius 2 is 1.68 bits per heavy atom. The molecule has 134 valence electrons. The van der Waals surface area contributed by atoms with Crippen molar-refractivity contribution in [2.75, 3.05) is 33.5 Å². The van der Waals surface area contributed by atoms with E-state index in [1.807, 2.05) is 31.2 Å². The van der Waals surface area contributed by atoms with Gasteiger partial charge in [0, 0.05) is 32.6 Å². The van der Waals surface area contributed by atoms with E-state index in [1.54, 1.807) is 36.5 Å². The van der Waals surface area contributed by atoms with E-state index in [1.165, 1.54) is 0 Å². The monoisotopic (exact) mass is 344 g/mol. The van der Waals surface area contributed by atoms with Gasteiger partial charge in [-0.05, 0) is 48.9 Å². The molecule has 0 spiro atoms. The predicted octanol–water partition coefficient (Wildman–Crippen LogP) is 2.53.